The van der Waals surface area contributed by atoms with Crippen molar-refractivity contribution in [3.05, 3.63) is 0 Å². The van der Waals surface area contributed by atoms with Crippen molar-refractivity contribution in [2.45, 2.75) is 70.8 Å². The maximum Gasteiger partial charge on any atom is 0.312 e. The lowest BCUT2D eigenvalue weighted by Gasteiger charge is -2.60. The number of esters is 1. The van der Waals surface area contributed by atoms with Crippen LogP contribution < -0.4 is 0 Å². The van der Waals surface area contributed by atoms with Crippen molar-refractivity contribution in [1.29, 1.82) is 0 Å². The van der Waals surface area contributed by atoms with Crippen LogP contribution in [0.3, 0.4) is 0 Å². The van der Waals surface area contributed by atoms with E-state index in [2.05, 4.69) is 6.92 Å². The Balaban J connectivity index is 1.48. The summed E-state index contributed by atoms with van der Waals surface area (Å²) in [6, 6.07) is 0. The van der Waals surface area contributed by atoms with Crippen LogP contribution >= 0.6 is 0 Å². The van der Waals surface area contributed by atoms with Gasteiger partial charge in [-0.25, -0.2) is 0 Å². The van der Waals surface area contributed by atoms with Gasteiger partial charge in [-0.3, -0.25) is 4.79 Å². The van der Waals surface area contributed by atoms with E-state index < -0.39 is 0 Å². The molecule has 5 aliphatic rings. The molecule has 128 valence electrons. The summed E-state index contributed by atoms with van der Waals surface area (Å²) in [5.74, 6) is 3.46. The van der Waals surface area contributed by atoms with Crippen LogP contribution in [-0.4, -0.2) is 23.8 Å². The second-order valence-corrected chi connectivity index (χ2v) is 9.54. The third kappa shape index (κ3) is 1.73. The topological polar surface area (TPSA) is 46.5 Å². The fourth-order valence-electron chi connectivity index (χ4n) is 7.98. The minimum atomic E-state index is -0.0987. The maximum absolute atomic E-state index is 12.6. The lowest BCUT2D eigenvalue weighted by atomic mass is 9.44. The average molecular weight is 318 g/mol. The number of carbonyl (C=O) groups is 1. The SMILES string of the molecule is C[C@]12CC[C@@H](O)C[C@@H]1CC[C@@H]1[C@@H]2CC[C@]23C(=O)OC[C@H]2CC[C@@H]13. The number of ether oxygens (including phenoxy) is 1. The van der Waals surface area contributed by atoms with Crippen LogP contribution in [0.2, 0.25) is 0 Å². The highest BCUT2D eigenvalue weighted by atomic mass is 16.5. The van der Waals surface area contributed by atoms with E-state index in [-0.39, 0.29) is 17.5 Å². The van der Waals surface area contributed by atoms with Crippen LogP contribution in [0, 0.1) is 40.4 Å². The Bertz CT molecular complexity index is 531. The Morgan fingerprint density at radius 1 is 1.00 bits per heavy atom. The minimum Gasteiger partial charge on any atom is -0.465 e. The molecule has 5 fully saturated rings. The second-order valence-electron chi connectivity index (χ2n) is 9.54. The minimum absolute atomic E-state index is 0.0692. The maximum atomic E-state index is 12.6. The molecule has 0 bridgehead atoms. The van der Waals surface area contributed by atoms with E-state index in [1.165, 1.54) is 38.5 Å². The van der Waals surface area contributed by atoms with Gasteiger partial charge < -0.3 is 9.84 Å². The van der Waals surface area contributed by atoms with Crippen molar-refractivity contribution < 1.29 is 14.6 Å². The van der Waals surface area contributed by atoms with Crippen LogP contribution in [0.25, 0.3) is 0 Å². The highest BCUT2D eigenvalue weighted by Gasteiger charge is 2.67. The smallest absolute Gasteiger partial charge is 0.312 e. The third-order valence-corrected chi connectivity index (χ3v) is 9.12. The molecular formula is C20H30O3. The summed E-state index contributed by atoms with van der Waals surface area (Å²) in [5, 5.41) is 10.1. The van der Waals surface area contributed by atoms with Gasteiger partial charge in [0.2, 0.25) is 0 Å². The Kier molecular flexibility index (Phi) is 3.04. The van der Waals surface area contributed by atoms with E-state index >= 15 is 0 Å². The number of rotatable bonds is 0. The molecule has 1 spiro atoms. The van der Waals surface area contributed by atoms with Gasteiger partial charge in [0, 0.05) is 5.92 Å². The van der Waals surface area contributed by atoms with Gasteiger partial charge in [0.1, 0.15) is 0 Å². The summed E-state index contributed by atoms with van der Waals surface area (Å²) in [7, 11) is 0. The number of hydrogen-bond acceptors (Lipinski definition) is 3. The normalized spacial score (nSPS) is 57.9. The summed E-state index contributed by atoms with van der Waals surface area (Å²) in [6.45, 7) is 3.20. The molecule has 4 aliphatic carbocycles. The Morgan fingerprint density at radius 2 is 1.83 bits per heavy atom. The first-order chi connectivity index (χ1) is 11.1. The van der Waals surface area contributed by atoms with Gasteiger partial charge >= 0.3 is 5.97 Å². The van der Waals surface area contributed by atoms with E-state index in [0.717, 1.165) is 31.1 Å². The van der Waals surface area contributed by atoms with Crippen LogP contribution in [-0.2, 0) is 9.53 Å². The molecule has 3 nitrogen and oxygen atoms in total. The predicted octanol–water partition coefficient (Wildman–Crippen LogP) is 3.54. The predicted molar refractivity (Wildman–Crippen MR) is 86.5 cm³/mol. The molecule has 0 unspecified atom stereocenters. The summed E-state index contributed by atoms with van der Waals surface area (Å²) in [5.41, 5.74) is 0.308. The van der Waals surface area contributed by atoms with Gasteiger partial charge in [0.25, 0.3) is 0 Å². The summed E-state index contributed by atoms with van der Waals surface area (Å²) in [6.07, 6.45) is 10.4. The van der Waals surface area contributed by atoms with Crippen LogP contribution in [0.5, 0.6) is 0 Å². The summed E-state index contributed by atoms with van der Waals surface area (Å²) in [4.78, 5) is 12.6. The molecule has 1 heterocycles. The van der Waals surface area contributed by atoms with Crippen molar-refractivity contribution in [2.75, 3.05) is 6.61 Å². The fourth-order valence-corrected chi connectivity index (χ4v) is 7.98. The van der Waals surface area contributed by atoms with Gasteiger partial charge in [0.15, 0.2) is 0 Å². The first-order valence-electron chi connectivity index (χ1n) is 9.91. The fraction of sp³-hybridized carbons (Fsp3) is 0.950. The molecule has 0 radical (unpaired) electrons. The van der Waals surface area contributed by atoms with E-state index in [1.807, 2.05) is 0 Å². The summed E-state index contributed by atoms with van der Waals surface area (Å²) >= 11 is 0. The quantitative estimate of drug-likeness (QED) is 0.695. The highest BCUT2D eigenvalue weighted by molar-refractivity contribution is 5.80. The van der Waals surface area contributed by atoms with Crippen molar-refractivity contribution >= 4 is 5.97 Å². The van der Waals surface area contributed by atoms with E-state index in [0.29, 0.717) is 29.8 Å². The number of cyclic esters (lactones) is 1. The van der Waals surface area contributed by atoms with E-state index in [4.69, 9.17) is 4.74 Å². The molecule has 23 heavy (non-hydrogen) atoms. The van der Waals surface area contributed by atoms with Crippen molar-refractivity contribution in [3.8, 4) is 0 Å². The molecular weight excluding hydrogens is 288 g/mol. The van der Waals surface area contributed by atoms with Gasteiger partial charge in [-0.2, -0.15) is 0 Å². The van der Waals surface area contributed by atoms with Gasteiger partial charge in [-0.1, -0.05) is 6.92 Å². The molecule has 3 heteroatoms. The molecule has 8 atom stereocenters. The van der Waals surface area contributed by atoms with Crippen molar-refractivity contribution in [3.63, 3.8) is 0 Å². The number of carbonyl (C=O) groups excluding carboxylic acids is 1. The number of aliphatic hydroxyl groups is 1. The largest absolute Gasteiger partial charge is 0.465 e. The highest BCUT2D eigenvalue weighted by Crippen LogP contribution is 2.68. The standard InChI is InChI=1S/C20H30O3/c1-19-8-6-14(21)10-12(19)2-4-15-16(19)7-9-20-13(3-5-17(15)20)11-23-18(20)22/h12-17,21H,2-11H2,1H3/t12-,13+,14+,15+,16-,17-,19-,20-/m0/s1. The molecule has 0 amide bonds. The van der Waals surface area contributed by atoms with Gasteiger partial charge in [0.05, 0.1) is 18.1 Å². The second kappa shape index (κ2) is 4.74. The molecule has 1 aliphatic heterocycles. The molecule has 5 rings (SSSR count). The van der Waals surface area contributed by atoms with Crippen LogP contribution in [0.1, 0.15) is 64.7 Å². The van der Waals surface area contributed by atoms with Gasteiger partial charge in [-0.05, 0) is 86.9 Å². The zero-order valence-electron chi connectivity index (χ0n) is 14.3. The lowest BCUT2D eigenvalue weighted by Crippen LogP contribution is -2.55. The lowest BCUT2D eigenvalue weighted by molar-refractivity contribution is -0.163. The zero-order chi connectivity index (χ0) is 15.8. The molecule has 4 saturated carbocycles. The molecule has 0 aromatic heterocycles. The Morgan fingerprint density at radius 3 is 2.70 bits per heavy atom. The van der Waals surface area contributed by atoms with Crippen LogP contribution in [0.15, 0.2) is 0 Å². The van der Waals surface area contributed by atoms with E-state index in [9.17, 15) is 9.90 Å². The van der Waals surface area contributed by atoms with E-state index in [1.54, 1.807) is 0 Å². The third-order valence-electron chi connectivity index (χ3n) is 9.12. The monoisotopic (exact) mass is 318 g/mol. The number of fused-ring (bicyclic) bond motifs is 4. The number of aliphatic hydroxyl groups excluding tert-OH is 1. The van der Waals surface area contributed by atoms with Crippen molar-refractivity contribution in [2.24, 2.45) is 40.4 Å². The Labute approximate surface area is 139 Å². The van der Waals surface area contributed by atoms with Crippen LogP contribution in [0.4, 0.5) is 0 Å². The van der Waals surface area contributed by atoms with Crippen molar-refractivity contribution in [1.82, 2.24) is 0 Å². The zero-order valence-corrected chi connectivity index (χ0v) is 14.3. The summed E-state index contributed by atoms with van der Waals surface area (Å²) < 4.78 is 5.53. The average Bonchev–Trinajstić information content (AvgIpc) is 3.06. The first-order valence-corrected chi connectivity index (χ1v) is 9.91. The Hall–Kier alpha value is -0.570. The molecule has 0 aromatic carbocycles. The molecule has 0 aromatic rings. The molecule has 1 N–H and O–H groups in total. The number of hydrogen-bond donors (Lipinski definition) is 1. The first kappa shape index (κ1) is 14.7. The van der Waals surface area contributed by atoms with Gasteiger partial charge in [-0.15, -0.1) is 0 Å². The molecule has 1 saturated heterocycles.